The highest BCUT2D eigenvalue weighted by Gasteiger charge is 2.38. The molecule has 0 fully saturated rings. The van der Waals surface area contributed by atoms with Gasteiger partial charge in [-0.15, -0.1) is 0 Å². The molecular weight excluding hydrogens is 348 g/mol. The van der Waals surface area contributed by atoms with Crippen LogP contribution < -0.4 is 16.0 Å². The molecule has 3 rings (SSSR count). The van der Waals surface area contributed by atoms with Gasteiger partial charge in [-0.3, -0.25) is 4.79 Å². The molecule has 2 N–H and O–H groups in total. The highest BCUT2D eigenvalue weighted by molar-refractivity contribution is 5.92. The Bertz CT molecular complexity index is 947. The topological polar surface area (TPSA) is 92.8 Å². The number of fused-ring (bicyclic) bond motifs is 1. The Morgan fingerprint density at radius 3 is 2.59 bits per heavy atom. The molecule has 0 aliphatic carbocycles. The van der Waals surface area contributed by atoms with Crippen molar-refractivity contribution < 1.29 is 19.0 Å². The van der Waals surface area contributed by atoms with E-state index in [1.54, 1.807) is 17.7 Å². The van der Waals surface area contributed by atoms with Crippen molar-refractivity contribution in [1.82, 2.24) is 4.57 Å². The molecule has 0 spiro atoms. The third-order valence-electron chi connectivity index (χ3n) is 4.63. The minimum absolute atomic E-state index is 0.0587. The van der Waals surface area contributed by atoms with Gasteiger partial charge in [0.25, 0.3) is 5.56 Å². The third-order valence-corrected chi connectivity index (χ3v) is 4.63. The molecule has 0 radical (unpaired) electrons. The van der Waals surface area contributed by atoms with Crippen molar-refractivity contribution in [2.24, 2.45) is 5.73 Å². The minimum atomic E-state index is -0.677. The molecule has 0 amide bonds. The molecule has 0 saturated carbocycles. The number of hydrogen-bond acceptors (Lipinski definition) is 6. The van der Waals surface area contributed by atoms with Crippen LogP contribution in [0.4, 0.5) is 0 Å². The van der Waals surface area contributed by atoms with Gasteiger partial charge in [-0.05, 0) is 12.5 Å². The first-order valence-electron chi connectivity index (χ1n) is 8.53. The maximum atomic E-state index is 13.3. The minimum Gasteiger partial charge on any atom is -0.465 e. The zero-order valence-electron chi connectivity index (χ0n) is 15.5. The summed E-state index contributed by atoms with van der Waals surface area (Å²) in [6.45, 7) is 2.59. The number of ether oxygens (including phenoxy) is 3. The van der Waals surface area contributed by atoms with E-state index in [0.717, 1.165) is 11.3 Å². The smallest absolute Gasteiger partial charge is 0.340 e. The molecule has 1 aromatic heterocycles. The lowest BCUT2D eigenvalue weighted by molar-refractivity contribution is -0.136. The number of carbonyl (C=O) groups is 1. The number of nitrogens with zero attached hydrogens (tertiary/aromatic N) is 1. The molecule has 0 bridgehead atoms. The number of nitrogens with two attached hydrogens (primary N) is 1. The van der Waals surface area contributed by atoms with E-state index < -0.39 is 11.9 Å². The third kappa shape index (κ3) is 3.33. The summed E-state index contributed by atoms with van der Waals surface area (Å²) in [5.74, 6) is -1.01. The van der Waals surface area contributed by atoms with Crippen molar-refractivity contribution in [2.45, 2.75) is 19.4 Å². The summed E-state index contributed by atoms with van der Waals surface area (Å²) in [6.07, 6.45) is 0. The predicted molar refractivity (Wildman–Crippen MR) is 99.5 cm³/mol. The number of carbonyl (C=O) groups excluding carboxylic acids is 1. The van der Waals surface area contributed by atoms with Gasteiger partial charge in [0.2, 0.25) is 5.88 Å². The van der Waals surface area contributed by atoms with Crippen LogP contribution in [0.15, 0.2) is 52.6 Å². The zero-order valence-corrected chi connectivity index (χ0v) is 15.5. The van der Waals surface area contributed by atoms with Crippen molar-refractivity contribution in [1.29, 1.82) is 0 Å². The van der Waals surface area contributed by atoms with Crippen LogP contribution in [-0.4, -0.2) is 31.4 Å². The number of aromatic nitrogens is 1. The van der Waals surface area contributed by atoms with Gasteiger partial charge in [-0.2, -0.15) is 0 Å². The van der Waals surface area contributed by atoms with E-state index in [1.807, 2.05) is 37.3 Å². The second-order valence-electron chi connectivity index (χ2n) is 6.23. The molecule has 2 aromatic rings. The Balaban J connectivity index is 2.28. The molecule has 1 aliphatic heterocycles. The number of methoxy groups -OCH3 is 2. The average Bonchev–Trinajstić information content (AvgIpc) is 2.67. The van der Waals surface area contributed by atoms with E-state index in [-0.39, 0.29) is 17.0 Å². The summed E-state index contributed by atoms with van der Waals surface area (Å²) in [5.41, 5.74) is 7.75. The normalized spacial score (nSPS) is 15.9. The van der Waals surface area contributed by atoms with Gasteiger partial charge >= 0.3 is 5.97 Å². The first-order valence-corrected chi connectivity index (χ1v) is 8.53. The SMILES string of the molecule is COCCn1c(C)cc2c(c1=O)[C@H](c1ccccc1)C(C(=O)OC)=C(N)O2. The molecule has 1 aliphatic rings. The first kappa shape index (κ1) is 18.7. The van der Waals surface area contributed by atoms with Gasteiger partial charge in [0, 0.05) is 25.4 Å². The molecule has 2 heterocycles. The summed E-state index contributed by atoms with van der Waals surface area (Å²) < 4.78 is 17.3. The molecular formula is C20H22N2O5. The number of hydrogen-bond donors (Lipinski definition) is 1. The molecule has 1 atom stereocenters. The van der Waals surface area contributed by atoms with Crippen molar-refractivity contribution in [2.75, 3.05) is 20.8 Å². The van der Waals surface area contributed by atoms with E-state index in [1.165, 1.54) is 7.11 Å². The van der Waals surface area contributed by atoms with Crippen LogP contribution in [-0.2, 0) is 20.8 Å². The largest absolute Gasteiger partial charge is 0.465 e. The number of esters is 1. The number of rotatable bonds is 5. The Labute approximate surface area is 157 Å². The van der Waals surface area contributed by atoms with E-state index in [9.17, 15) is 9.59 Å². The number of benzene rings is 1. The summed E-state index contributed by atoms with van der Waals surface area (Å²) in [6, 6.07) is 11.0. The maximum Gasteiger partial charge on any atom is 0.340 e. The van der Waals surface area contributed by atoms with E-state index in [4.69, 9.17) is 19.9 Å². The van der Waals surface area contributed by atoms with Crippen LogP contribution in [0, 0.1) is 6.92 Å². The molecule has 7 nitrogen and oxygen atoms in total. The second-order valence-corrected chi connectivity index (χ2v) is 6.23. The summed E-state index contributed by atoms with van der Waals surface area (Å²) in [7, 11) is 2.85. The second kappa shape index (κ2) is 7.67. The fraction of sp³-hybridized carbons (Fsp3) is 0.300. The van der Waals surface area contributed by atoms with E-state index in [0.29, 0.717) is 24.5 Å². The summed E-state index contributed by atoms with van der Waals surface area (Å²) in [4.78, 5) is 25.7. The van der Waals surface area contributed by atoms with Crippen molar-refractivity contribution >= 4 is 5.97 Å². The van der Waals surface area contributed by atoms with Crippen LogP contribution in [0.2, 0.25) is 0 Å². The molecule has 142 valence electrons. The molecule has 0 saturated heterocycles. The monoisotopic (exact) mass is 370 g/mol. The van der Waals surface area contributed by atoms with Gasteiger partial charge in [-0.1, -0.05) is 30.3 Å². The van der Waals surface area contributed by atoms with Crippen molar-refractivity contribution in [3.05, 3.63) is 75.0 Å². The van der Waals surface area contributed by atoms with Gasteiger partial charge in [0.05, 0.1) is 25.2 Å². The highest BCUT2D eigenvalue weighted by Crippen LogP contribution is 2.41. The molecule has 1 aromatic carbocycles. The Kier molecular flexibility index (Phi) is 5.32. The van der Waals surface area contributed by atoms with Crippen LogP contribution >= 0.6 is 0 Å². The lowest BCUT2D eigenvalue weighted by Crippen LogP contribution is -2.35. The molecule has 7 heteroatoms. The Hall–Kier alpha value is -3.06. The van der Waals surface area contributed by atoms with Crippen LogP contribution in [0.3, 0.4) is 0 Å². The van der Waals surface area contributed by atoms with Gasteiger partial charge in [0.15, 0.2) is 0 Å². The van der Waals surface area contributed by atoms with Gasteiger partial charge in [-0.25, -0.2) is 4.79 Å². The standard InChI is InChI=1S/C20H22N2O5/c1-12-11-14-16(19(23)22(12)9-10-25-2)15(13-7-5-4-6-8-13)17(18(21)27-14)20(24)26-3/h4-8,11,15H,9-10,21H2,1-3H3/t15-/m0/s1. The summed E-state index contributed by atoms with van der Waals surface area (Å²) >= 11 is 0. The number of pyridine rings is 1. The van der Waals surface area contributed by atoms with Gasteiger partial charge in [0.1, 0.15) is 11.3 Å². The lowest BCUT2D eigenvalue weighted by Gasteiger charge is -2.29. The van der Waals surface area contributed by atoms with Crippen LogP contribution in [0.5, 0.6) is 5.75 Å². The predicted octanol–water partition coefficient (Wildman–Crippen LogP) is 1.67. The molecule has 27 heavy (non-hydrogen) atoms. The molecule has 0 unspecified atom stereocenters. The lowest BCUT2D eigenvalue weighted by atomic mass is 9.83. The Morgan fingerprint density at radius 2 is 1.96 bits per heavy atom. The highest BCUT2D eigenvalue weighted by atomic mass is 16.5. The van der Waals surface area contributed by atoms with Crippen LogP contribution in [0.1, 0.15) is 22.7 Å². The summed E-state index contributed by atoms with van der Waals surface area (Å²) in [5, 5.41) is 0. The fourth-order valence-electron chi connectivity index (χ4n) is 3.33. The number of aryl methyl sites for hydroxylation is 1. The van der Waals surface area contributed by atoms with Gasteiger partial charge < -0.3 is 24.5 Å². The average molecular weight is 370 g/mol. The van der Waals surface area contributed by atoms with E-state index in [2.05, 4.69) is 0 Å². The zero-order chi connectivity index (χ0) is 19.6. The fourth-order valence-corrected chi connectivity index (χ4v) is 3.33. The van der Waals surface area contributed by atoms with Crippen molar-refractivity contribution in [3.63, 3.8) is 0 Å². The van der Waals surface area contributed by atoms with E-state index >= 15 is 0 Å². The van der Waals surface area contributed by atoms with Crippen molar-refractivity contribution in [3.8, 4) is 5.75 Å². The maximum absolute atomic E-state index is 13.3. The van der Waals surface area contributed by atoms with Crippen LogP contribution in [0.25, 0.3) is 0 Å². The quantitative estimate of drug-likeness (QED) is 0.805. The Morgan fingerprint density at radius 1 is 1.26 bits per heavy atom. The first-order chi connectivity index (χ1) is 13.0.